The van der Waals surface area contributed by atoms with Gasteiger partial charge in [0, 0.05) is 42.8 Å². The summed E-state index contributed by atoms with van der Waals surface area (Å²) in [6, 6.07) is 20.5. The van der Waals surface area contributed by atoms with E-state index in [1.54, 1.807) is 6.20 Å². The highest BCUT2D eigenvalue weighted by atomic mass is 32.1. The minimum absolute atomic E-state index is 0.107. The molecule has 1 unspecified atom stereocenters. The van der Waals surface area contributed by atoms with Crippen LogP contribution in [0.4, 0.5) is 0 Å². The molecule has 2 aromatic heterocycles. The van der Waals surface area contributed by atoms with Crippen LogP contribution >= 0.6 is 11.3 Å². The highest BCUT2D eigenvalue weighted by molar-refractivity contribution is 7.13. The number of nitrogens with zero attached hydrogens (tertiary/aromatic N) is 4. The largest absolute Gasteiger partial charge is 0.347 e. The molecule has 1 N–H and O–H groups in total. The first-order chi connectivity index (χ1) is 15.2. The van der Waals surface area contributed by atoms with Gasteiger partial charge in [-0.3, -0.25) is 9.69 Å². The lowest BCUT2D eigenvalue weighted by Crippen LogP contribution is -2.37. The third kappa shape index (κ3) is 4.57. The second kappa shape index (κ2) is 8.83. The first kappa shape index (κ1) is 19.7. The van der Waals surface area contributed by atoms with Gasteiger partial charge in [-0.15, -0.1) is 11.3 Å². The van der Waals surface area contributed by atoms with Gasteiger partial charge in [0.05, 0.1) is 11.9 Å². The topological polar surface area (TPSA) is 63.1 Å². The predicted octanol–water partition coefficient (Wildman–Crippen LogP) is 4.00. The van der Waals surface area contributed by atoms with E-state index < -0.39 is 0 Å². The predicted molar refractivity (Wildman–Crippen MR) is 122 cm³/mol. The number of hydrogen-bond acceptors (Lipinski definition) is 5. The second-order valence-electron chi connectivity index (χ2n) is 7.73. The average Bonchev–Trinajstić information content (AvgIpc) is 3.56. The van der Waals surface area contributed by atoms with E-state index in [4.69, 9.17) is 0 Å². The first-order valence-corrected chi connectivity index (χ1v) is 11.3. The maximum absolute atomic E-state index is 12.7. The summed E-state index contributed by atoms with van der Waals surface area (Å²) < 4.78 is 1.82. The van der Waals surface area contributed by atoms with E-state index in [9.17, 15) is 4.79 Å². The Bertz CT molecular complexity index is 1150. The van der Waals surface area contributed by atoms with Crippen LogP contribution in [-0.4, -0.2) is 44.7 Å². The average molecular weight is 430 g/mol. The molecule has 1 saturated heterocycles. The lowest BCUT2D eigenvalue weighted by atomic mass is 10.2. The fourth-order valence-electron chi connectivity index (χ4n) is 3.86. The van der Waals surface area contributed by atoms with Crippen molar-refractivity contribution in [2.75, 3.05) is 13.1 Å². The maximum atomic E-state index is 12.7. The Morgan fingerprint density at radius 2 is 1.87 bits per heavy atom. The Morgan fingerprint density at radius 3 is 2.68 bits per heavy atom. The van der Waals surface area contributed by atoms with Gasteiger partial charge in [-0.05, 0) is 24.1 Å². The number of aromatic nitrogens is 3. The first-order valence-electron chi connectivity index (χ1n) is 10.4. The van der Waals surface area contributed by atoms with Gasteiger partial charge in [0.15, 0.2) is 0 Å². The van der Waals surface area contributed by atoms with Gasteiger partial charge in [-0.25, -0.2) is 9.67 Å². The van der Waals surface area contributed by atoms with Crippen LogP contribution in [0.2, 0.25) is 0 Å². The van der Waals surface area contributed by atoms with E-state index in [1.165, 1.54) is 16.9 Å². The van der Waals surface area contributed by atoms with Gasteiger partial charge < -0.3 is 5.32 Å². The molecule has 0 saturated carbocycles. The molecule has 1 aliphatic heterocycles. The van der Waals surface area contributed by atoms with Crippen LogP contribution < -0.4 is 5.32 Å². The lowest BCUT2D eigenvalue weighted by molar-refractivity contribution is 0.0933. The molecule has 2 aromatic carbocycles. The van der Waals surface area contributed by atoms with E-state index in [-0.39, 0.29) is 11.9 Å². The fraction of sp³-hybridized carbons (Fsp3) is 0.208. The molecule has 4 aromatic rings. The molecule has 1 atom stereocenters. The van der Waals surface area contributed by atoms with Crippen LogP contribution in [0.1, 0.15) is 22.5 Å². The molecule has 0 aliphatic carbocycles. The molecule has 3 heterocycles. The van der Waals surface area contributed by atoms with E-state index in [0.29, 0.717) is 5.69 Å². The summed E-state index contributed by atoms with van der Waals surface area (Å²) in [4.78, 5) is 19.7. The number of thiazole rings is 1. The van der Waals surface area contributed by atoms with Gasteiger partial charge >= 0.3 is 0 Å². The van der Waals surface area contributed by atoms with Crippen molar-refractivity contribution < 1.29 is 4.79 Å². The third-order valence-corrected chi connectivity index (χ3v) is 6.34. The van der Waals surface area contributed by atoms with Crippen molar-refractivity contribution in [3.8, 4) is 16.3 Å². The summed E-state index contributed by atoms with van der Waals surface area (Å²) in [6.07, 6.45) is 4.68. The van der Waals surface area contributed by atoms with Crippen LogP contribution in [0.15, 0.2) is 78.4 Å². The molecule has 0 radical (unpaired) electrons. The summed E-state index contributed by atoms with van der Waals surface area (Å²) >= 11 is 1.46. The fourth-order valence-corrected chi connectivity index (χ4v) is 4.64. The van der Waals surface area contributed by atoms with Gasteiger partial charge in [0.25, 0.3) is 5.91 Å². The molecule has 1 aliphatic rings. The van der Waals surface area contributed by atoms with Crippen molar-refractivity contribution in [2.45, 2.75) is 19.0 Å². The van der Waals surface area contributed by atoms with Crippen molar-refractivity contribution >= 4 is 17.2 Å². The maximum Gasteiger partial charge on any atom is 0.271 e. The number of hydrogen-bond donors (Lipinski definition) is 1. The molecule has 1 amide bonds. The highest BCUT2D eigenvalue weighted by Gasteiger charge is 2.25. The molecule has 7 heteroatoms. The van der Waals surface area contributed by atoms with E-state index in [1.807, 2.05) is 52.7 Å². The van der Waals surface area contributed by atoms with E-state index in [2.05, 4.69) is 44.6 Å². The van der Waals surface area contributed by atoms with Crippen molar-refractivity contribution in [1.82, 2.24) is 25.0 Å². The number of nitrogens with one attached hydrogen (secondary N) is 1. The molecular formula is C24H23N5OS. The quantitative estimate of drug-likeness (QED) is 0.503. The molecule has 156 valence electrons. The Kier molecular flexibility index (Phi) is 5.60. The second-order valence-corrected chi connectivity index (χ2v) is 8.58. The summed E-state index contributed by atoms with van der Waals surface area (Å²) in [5.41, 5.74) is 3.66. The Hall–Kier alpha value is -3.29. The highest BCUT2D eigenvalue weighted by Crippen LogP contribution is 2.24. The summed E-state index contributed by atoms with van der Waals surface area (Å²) in [7, 11) is 0. The number of carbonyl (C=O) groups excluding carboxylic acids is 1. The number of likely N-dealkylation sites (tertiary alicyclic amines) is 1. The summed E-state index contributed by atoms with van der Waals surface area (Å²) in [5, 5.41) is 10.2. The molecule has 31 heavy (non-hydrogen) atoms. The van der Waals surface area contributed by atoms with Crippen molar-refractivity contribution in [1.29, 1.82) is 0 Å². The van der Waals surface area contributed by atoms with Gasteiger partial charge in [0.2, 0.25) is 0 Å². The van der Waals surface area contributed by atoms with Crippen LogP contribution in [0.5, 0.6) is 0 Å². The van der Waals surface area contributed by atoms with E-state index in [0.717, 1.165) is 42.3 Å². The van der Waals surface area contributed by atoms with Crippen LogP contribution in [0.3, 0.4) is 0 Å². The molecule has 6 nitrogen and oxygen atoms in total. The smallest absolute Gasteiger partial charge is 0.271 e. The van der Waals surface area contributed by atoms with Gasteiger partial charge in [-0.2, -0.15) is 5.10 Å². The zero-order valence-electron chi connectivity index (χ0n) is 17.0. The molecule has 1 fully saturated rings. The monoisotopic (exact) mass is 429 g/mol. The third-order valence-electron chi connectivity index (χ3n) is 5.44. The van der Waals surface area contributed by atoms with Crippen molar-refractivity contribution in [3.63, 3.8) is 0 Å². The number of benzene rings is 2. The Morgan fingerprint density at radius 1 is 1.10 bits per heavy atom. The molecular weight excluding hydrogens is 406 g/mol. The Labute approximate surface area is 185 Å². The van der Waals surface area contributed by atoms with Crippen LogP contribution in [0.25, 0.3) is 16.3 Å². The summed E-state index contributed by atoms with van der Waals surface area (Å²) in [6.45, 7) is 2.77. The molecule has 5 rings (SSSR count). The zero-order valence-corrected chi connectivity index (χ0v) is 17.8. The standard InChI is InChI=1S/C24H23N5OS/c30-23(26-20-11-12-28(16-20)14-18-7-3-1-4-8-18)22-17-31-24(27-22)19-13-25-29(15-19)21-9-5-2-6-10-21/h1-10,13,15,17,20H,11-12,14,16H2,(H,26,30). The molecule has 0 bridgehead atoms. The minimum Gasteiger partial charge on any atom is -0.347 e. The van der Waals surface area contributed by atoms with Gasteiger partial charge in [0.1, 0.15) is 10.7 Å². The Balaban J connectivity index is 1.20. The lowest BCUT2D eigenvalue weighted by Gasteiger charge is -2.16. The zero-order chi connectivity index (χ0) is 21.0. The van der Waals surface area contributed by atoms with Crippen LogP contribution in [0, 0.1) is 0 Å². The van der Waals surface area contributed by atoms with Gasteiger partial charge in [-0.1, -0.05) is 48.5 Å². The van der Waals surface area contributed by atoms with Crippen molar-refractivity contribution in [2.24, 2.45) is 0 Å². The number of amides is 1. The van der Waals surface area contributed by atoms with Crippen LogP contribution in [-0.2, 0) is 6.54 Å². The van der Waals surface area contributed by atoms with Crippen molar-refractivity contribution in [3.05, 3.63) is 89.7 Å². The normalized spacial score (nSPS) is 16.5. The number of carbonyl (C=O) groups is 1. The number of para-hydroxylation sites is 1. The molecule has 0 spiro atoms. The minimum atomic E-state index is -0.107. The number of rotatable bonds is 6. The van der Waals surface area contributed by atoms with E-state index >= 15 is 0 Å². The summed E-state index contributed by atoms with van der Waals surface area (Å²) in [5.74, 6) is -0.107. The SMILES string of the molecule is O=C(NC1CCN(Cc2ccccc2)C1)c1csc(-c2cnn(-c3ccccc3)c2)n1.